The summed E-state index contributed by atoms with van der Waals surface area (Å²) >= 11 is 0. The summed E-state index contributed by atoms with van der Waals surface area (Å²) in [7, 11) is 0. The maximum Gasteiger partial charge on any atom is 0.360 e. The number of carbonyl (C=O) groups is 1. The third-order valence-electron chi connectivity index (χ3n) is 4.04. The van der Waals surface area contributed by atoms with Gasteiger partial charge in [0.05, 0.1) is 12.7 Å². The van der Waals surface area contributed by atoms with Gasteiger partial charge >= 0.3 is 5.97 Å². The highest BCUT2D eigenvalue weighted by atomic mass is 16.5. The first-order valence-corrected chi connectivity index (χ1v) is 8.07. The van der Waals surface area contributed by atoms with Crippen molar-refractivity contribution >= 4 is 12.0 Å². The fourth-order valence-electron chi connectivity index (χ4n) is 2.86. The molecule has 1 aromatic heterocycles. The summed E-state index contributed by atoms with van der Waals surface area (Å²) in [6.07, 6.45) is 3.77. The molecular weight excluding hydrogens is 284 g/mol. The van der Waals surface area contributed by atoms with Crippen molar-refractivity contribution in [3.8, 4) is 0 Å². The smallest absolute Gasteiger partial charge is 0.360 e. The molecule has 1 atom stereocenters. The lowest BCUT2D eigenvalue weighted by Gasteiger charge is -2.33. The topological polar surface area (TPSA) is 75.8 Å². The number of hydrogen-bond acceptors (Lipinski definition) is 6. The number of rotatable bonds is 6. The van der Waals surface area contributed by atoms with Crippen LogP contribution in [0.25, 0.3) is 0 Å². The Morgan fingerprint density at radius 2 is 2.18 bits per heavy atom. The molecule has 1 fully saturated rings. The molecule has 0 bridgehead atoms. The van der Waals surface area contributed by atoms with E-state index >= 15 is 0 Å². The lowest BCUT2D eigenvalue weighted by atomic mass is 9.87. The average molecular weight is 310 g/mol. The molecule has 0 aliphatic carbocycles. The molecule has 1 aliphatic rings. The second kappa shape index (κ2) is 7.63. The zero-order valence-corrected chi connectivity index (χ0v) is 13.6. The highest BCUT2D eigenvalue weighted by Crippen LogP contribution is 2.27. The first kappa shape index (κ1) is 16.8. The van der Waals surface area contributed by atoms with Crippen LogP contribution >= 0.6 is 0 Å². The van der Waals surface area contributed by atoms with Gasteiger partial charge in [-0.15, -0.1) is 0 Å². The number of anilines is 1. The van der Waals surface area contributed by atoms with Crippen molar-refractivity contribution in [3.63, 3.8) is 0 Å². The van der Waals surface area contributed by atoms with Crippen LogP contribution in [0.5, 0.6) is 0 Å². The molecule has 1 aromatic rings. The summed E-state index contributed by atoms with van der Waals surface area (Å²) in [5.41, 5.74) is 0.207. The van der Waals surface area contributed by atoms with Crippen LogP contribution in [0.15, 0.2) is 10.7 Å². The summed E-state index contributed by atoms with van der Waals surface area (Å²) in [5.74, 6) is 0.379. The number of esters is 1. The van der Waals surface area contributed by atoms with Crippen LogP contribution in [0.3, 0.4) is 0 Å². The van der Waals surface area contributed by atoms with E-state index in [0.717, 1.165) is 32.4 Å². The Morgan fingerprint density at radius 3 is 2.77 bits per heavy atom. The molecule has 0 amide bonds. The van der Waals surface area contributed by atoms with Crippen molar-refractivity contribution in [2.45, 2.75) is 46.1 Å². The number of hydrogen-bond donors (Lipinski definition) is 1. The summed E-state index contributed by atoms with van der Waals surface area (Å²) in [5, 5.41) is 10.2. The number of nitrogens with zero attached hydrogens (tertiary/aromatic N) is 2. The summed E-state index contributed by atoms with van der Waals surface area (Å²) in [6.45, 7) is 7.89. The minimum atomic E-state index is -0.459. The molecule has 0 aromatic carbocycles. The molecule has 1 aliphatic heterocycles. The Kier molecular flexibility index (Phi) is 5.83. The molecule has 1 unspecified atom stereocenters. The van der Waals surface area contributed by atoms with E-state index < -0.39 is 5.97 Å². The Morgan fingerprint density at radius 1 is 1.50 bits per heavy atom. The van der Waals surface area contributed by atoms with Crippen LogP contribution in [-0.4, -0.2) is 41.9 Å². The van der Waals surface area contributed by atoms with Crippen LogP contribution in [-0.2, 0) is 4.74 Å². The Bertz CT molecular complexity index is 478. The molecule has 0 radical (unpaired) electrons. The van der Waals surface area contributed by atoms with Crippen LogP contribution in [0, 0.1) is 11.8 Å². The molecule has 0 spiro atoms. The van der Waals surface area contributed by atoms with Gasteiger partial charge in [-0.25, -0.2) is 4.79 Å². The van der Waals surface area contributed by atoms with Crippen LogP contribution in [0.2, 0.25) is 0 Å². The number of oxazole rings is 1. The lowest BCUT2D eigenvalue weighted by Crippen LogP contribution is -2.38. The van der Waals surface area contributed by atoms with Crippen LogP contribution < -0.4 is 4.90 Å². The summed E-state index contributed by atoms with van der Waals surface area (Å²) in [6, 6.07) is 0.458. The molecule has 2 rings (SSSR count). The van der Waals surface area contributed by atoms with Gasteiger partial charge in [-0.2, -0.15) is 4.98 Å². The quantitative estimate of drug-likeness (QED) is 0.814. The predicted octanol–water partition coefficient (Wildman–Crippen LogP) is 2.47. The van der Waals surface area contributed by atoms with Crippen molar-refractivity contribution in [1.82, 2.24) is 4.98 Å². The Labute approximate surface area is 131 Å². The van der Waals surface area contributed by atoms with Crippen LogP contribution in [0.4, 0.5) is 6.01 Å². The van der Waals surface area contributed by atoms with Crippen molar-refractivity contribution in [1.29, 1.82) is 0 Å². The van der Waals surface area contributed by atoms with E-state index in [1.165, 1.54) is 6.26 Å². The Hall–Kier alpha value is -1.56. The van der Waals surface area contributed by atoms with Crippen LogP contribution in [0.1, 0.15) is 50.5 Å². The highest BCUT2D eigenvalue weighted by Gasteiger charge is 2.28. The van der Waals surface area contributed by atoms with Gasteiger partial charge in [0.25, 0.3) is 6.01 Å². The fraction of sp³-hybridized carbons (Fsp3) is 0.750. The monoisotopic (exact) mass is 310 g/mol. The third kappa shape index (κ3) is 4.22. The molecule has 1 N–H and O–H groups in total. The van der Waals surface area contributed by atoms with E-state index in [9.17, 15) is 9.90 Å². The fourth-order valence-corrected chi connectivity index (χ4v) is 2.86. The van der Waals surface area contributed by atoms with Gasteiger partial charge in [-0.1, -0.05) is 13.8 Å². The second-order valence-electron chi connectivity index (χ2n) is 6.26. The van der Waals surface area contributed by atoms with Gasteiger partial charge in [0, 0.05) is 13.1 Å². The molecule has 2 heterocycles. The van der Waals surface area contributed by atoms with E-state index in [-0.39, 0.29) is 11.8 Å². The average Bonchev–Trinajstić information content (AvgIpc) is 2.97. The largest absolute Gasteiger partial charge is 0.461 e. The number of aromatic nitrogens is 1. The Balaban J connectivity index is 1.88. The lowest BCUT2D eigenvalue weighted by molar-refractivity contribution is 0.0519. The first-order valence-electron chi connectivity index (χ1n) is 8.07. The highest BCUT2D eigenvalue weighted by molar-refractivity contribution is 5.87. The number of ether oxygens (including phenoxy) is 1. The van der Waals surface area contributed by atoms with E-state index in [1.54, 1.807) is 6.92 Å². The molecule has 22 heavy (non-hydrogen) atoms. The molecule has 6 heteroatoms. The molecule has 6 nitrogen and oxygen atoms in total. The van der Waals surface area contributed by atoms with Crippen molar-refractivity contribution in [2.24, 2.45) is 11.8 Å². The van der Waals surface area contributed by atoms with Gasteiger partial charge in [-0.3, -0.25) is 0 Å². The van der Waals surface area contributed by atoms with E-state index in [2.05, 4.69) is 18.8 Å². The van der Waals surface area contributed by atoms with E-state index in [4.69, 9.17) is 9.15 Å². The normalized spacial score (nSPS) is 17.8. The third-order valence-corrected chi connectivity index (χ3v) is 4.04. The maximum atomic E-state index is 11.6. The summed E-state index contributed by atoms with van der Waals surface area (Å²) < 4.78 is 10.3. The second-order valence-corrected chi connectivity index (χ2v) is 6.26. The van der Waals surface area contributed by atoms with Crippen molar-refractivity contribution in [2.75, 3.05) is 24.6 Å². The van der Waals surface area contributed by atoms with Gasteiger partial charge in [0.15, 0.2) is 5.69 Å². The van der Waals surface area contributed by atoms with E-state index in [1.807, 2.05) is 4.90 Å². The van der Waals surface area contributed by atoms with Gasteiger partial charge in [0.1, 0.15) is 6.26 Å². The van der Waals surface area contributed by atoms with Gasteiger partial charge < -0.3 is 19.2 Å². The number of carbonyl (C=O) groups excluding carboxylic acids is 1. The number of aliphatic hydroxyl groups is 1. The predicted molar refractivity (Wildman–Crippen MR) is 82.9 cm³/mol. The van der Waals surface area contributed by atoms with Crippen molar-refractivity contribution < 1.29 is 19.1 Å². The minimum absolute atomic E-state index is 0.207. The zero-order chi connectivity index (χ0) is 16.1. The van der Waals surface area contributed by atoms with Crippen molar-refractivity contribution in [3.05, 3.63) is 12.0 Å². The van der Waals surface area contributed by atoms with E-state index in [0.29, 0.717) is 24.5 Å². The van der Waals surface area contributed by atoms with Gasteiger partial charge in [0.2, 0.25) is 0 Å². The molecular formula is C16H26N2O4. The maximum absolute atomic E-state index is 11.6. The first-order chi connectivity index (χ1) is 10.5. The standard InChI is InChI=1S/C16H26N2O4/c1-4-21-15(20)13-10-22-16(17-13)18-7-5-12(6-8-18)14(19)9-11(2)3/h10-12,14,19H,4-9H2,1-3H3. The molecule has 1 saturated heterocycles. The number of piperidine rings is 1. The SMILES string of the molecule is CCOC(=O)c1coc(N2CCC(C(O)CC(C)C)CC2)n1. The molecule has 0 saturated carbocycles. The molecule has 124 valence electrons. The van der Waals surface area contributed by atoms with Gasteiger partial charge in [-0.05, 0) is 38.0 Å². The number of aliphatic hydroxyl groups excluding tert-OH is 1. The zero-order valence-electron chi connectivity index (χ0n) is 13.6. The minimum Gasteiger partial charge on any atom is -0.461 e. The summed E-state index contributed by atoms with van der Waals surface area (Å²) in [4.78, 5) is 17.8.